The van der Waals surface area contributed by atoms with Crippen LogP contribution in [0.5, 0.6) is 0 Å². The molecule has 75 heavy (non-hydrogen) atoms. The lowest BCUT2D eigenvalue weighted by atomic mass is 9.78. The molecule has 0 spiro atoms. The highest BCUT2D eigenvalue weighted by atomic mass is 14.3. The van der Waals surface area contributed by atoms with E-state index in [0.29, 0.717) is 0 Å². The first kappa shape index (κ1) is 58.8. The second-order valence-corrected chi connectivity index (χ2v) is 25.3. The van der Waals surface area contributed by atoms with E-state index in [1.165, 1.54) is 215 Å². The summed E-state index contributed by atoms with van der Waals surface area (Å²) in [5.74, 6) is 9.99. The van der Waals surface area contributed by atoms with E-state index in [4.69, 9.17) is 0 Å². The lowest BCUT2D eigenvalue weighted by Crippen LogP contribution is -2.12. The van der Waals surface area contributed by atoms with Gasteiger partial charge in [-0.05, 0) is 258 Å². The number of benzene rings is 3. The molecule has 6 saturated carbocycles. The van der Waals surface area contributed by atoms with Crippen LogP contribution in [0, 0.1) is 53.3 Å². The maximum atomic E-state index is 3.96. The quantitative estimate of drug-likeness (QED) is 0.111. The molecule has 0 atom stereocenters. The number of unbranched alkanes of at least 4 members (excludes halogenated alkanes) is 1. The van der Waals surface area contributed by atoms with Gasteiger partial charge in [0.1, 0.15) is 0 Å². The van der Waals surface area contributed by atoms with E-state index >= 15 is 0 Å². The Labute approximate surface area is 462 Å². The van der Waals surface area contributed by atoms with Crippen LogP contribution in [0.2, 0.25) is 0 Å². The Kier molecular flexibility index (Phi) is 25.7. The average Bonchev–Trinajstić information content (AvgIpc) is 3.48. The smallest absolute Gasteiger partial charge is 0.0162 e. The normalized spacial score (nSPS) is 30.4. The predicted octanol–water partition coefficient (Wildman–Crippen LogP) is 23.3. The number of rotatable bonds is 18. The van der Waals surface area contributed by atoms with Gasteiger partial charge >= 0.3 is 0 Å². The monoisotopic (exact) mass is 1010 g/mol. The average molecular weight is 1010 g/mol. The number of hydrogen-bond donors (Lipinski definition) is 0. The fourth-order valence-corrected chi connectivity index (χ4v) is 14.5. The van der Waals surface area contributed by atoms with Gasteiger partial charge in [0.25, 0.3) is 0 Å². The summed E-state index contributed by atoms with van der Waals surface area (Å²) in [5.41, 5.74) is 8.75. The van der Waals surface area contributed by atoms with E-state index in [-0.39, 0.29) is 0 Å². The molecule has 0 radical (unpaired) electrons. The summed E-state index contributed by atoms with van der Waals surface area (Å²) in [7, 11) is 0. The standard InChI is InChI=1S/C26H38.C25H36.C24H34/c1-3-5-6-22-7-9-23(10-8-22)11-12-24-15-19-26(20-16-24)25-17-13-21(4-2)14-18-25;1-3-5-21-6-8-22(9-7-21)10-11-23-14-18-25(19-15-23)24-16-12-20(4-2)13-17-24;1-3-19-5-7-21(8-6-19)9-10-22-13-17-24(18-14-22)23-15-11-20(4-2)12-16-23/h4,11-12,15-16,19-23,25H,2-3,5-10,13-14,17-18H2,1H3;4,10-11,14-15,18-22,24H,2-3,5-9,12-13,16-17H2,1H3;4,9-10,13-14,17-21,23H,2-3,5-8,11-12,15-16H2,1H3/b12-11+;11-10+;10-9+. The molecule has 6 fully saturated rings. The molecule has 0 amide bonds. The van der Waals surface area contributed by atoms with Crippen LogP contribution in [0.15, 0.2) is 129 Å². The second kappa shape index (κ2) is 32.7. The fourth-order valence-electron chi connectivity index (χ4n) is 14.5. The van der Waals surface area contributed by atoms with Gasteiger partial charge in [0.05, 0.1) is 0 Å². The lowest BCUT2D eigenvalue weighted by molar-refractivity contribution is 0.291. The van der Waals surface area contributed by atoms with Crippen molar-refractivity contribution in [2.24, 2.45) is 53.3 Å². The summed E-state index contributed by atoms with van der Waals surface area (Å²) in [6, 6.07) is 28.2. The van der Waals surface area contributed by atoms with E-state index in [1.807, 2.05) is 0 Å². The zero-order valence-electron chi connectivity index (χ0n) is 48.4. The molecule has 408 valence electrons. The van der Waals surface area contributed by atoms with Crippen molar-refractivity contribution in [2.45, 2.75) is 231 Å². The van der Waals surface area contributed by atoms with Crippen LogP contribution in [0.1, 0.15) is 265 Å². The topological polar surface area (TPSA) is 0 Å². The highest BCUT2D eigenvalue weighted by Crippen LogP contribution is 2.40. The molecule has 9 rings (SSSR count). The minimum atomic E-state index is 0.755. The van der Waals surface area contributed by atoms with Gasteiger partial charge < -0.3 is 0 Å². The van der Waals surface area contributed by atoms with Crippen LogP contribution in [-0.2, 0) is 0 Å². The van der Waals surface area contributed by atoms with Crippen LogP contribution < -0.4 is 0 Å². The third kappa shape index (κ3) is 19.8. The van der Waals surface area contributed by atoms with Crippen molar-refractivity contribution >= 4 is 18.2 Å². The van der Waals surface area contributed by atoms with Crippen LogP contribution in [0.3, 0.4) is 0 Å². The summed E-state index contributed by atoms with van der Waals surface area (Å²) in [4.78, 5) is 0. The molecule has 6 aliphatic rings. The van der Waals surface area contributed by atoms with Gasteiger partial charge in [-0.2, -0.15) is 0 Å². The van der Waals surface area contributed by atoms with Crippen molar-refractivity contribution in [1.29, 1.82) is 0 Å². The van der Waals surface area contributed by atoms with Crippen LogP contribution in [-0.4, -0.2) is 0 Å². The Morgan fingerprint density at radius 1 is 0.320 bits per heavy atom. The van der Waals surface area contributed by atoms with Crippen LogP contribution in [0.25, 0.3) is 18.2 Å². The van der Waals surface area contributed by atoms with Gasteiger partial charge in [0.2, 0.25) is 0 Å². The first-order valence-corrected chi connectivity index (χ1v) is 32.1. The molecule has 0 heteroatoms. The van der Waals surface area contributed by atoms with E-state index in [1.54, 1.807) is 11.1 Å². The molecule has 0 bridgehead atoms. The summed E-state index contributed by atoms with van der Waals surface area (Å²) < 4.78 is 0. The molecule has 0 nitrogen and oxygen atoms in total. The zero-order chi connectivity index (χ0) is 52.5. The van der Waals surface area contributed by atoms with Crippen molar-refractivity contribution in [1.82, 2.24) is 0 Å². The summed E-state index contributed by atoms with van der Waals surface area (Å²) >= 11 is 0. The largest absolute Gasteiger partial charge is 0.103 e. The van der Waals surface area contributed by atoms with Crippen LogP contribution in [0.4, 0.5) is 0 Å². The van der Waals surface area contributed by atoms with E-state index < -0.39 is 0 Å². The second-order valence-electron chi connectivity index (χ2n) is 25.3. The van der Waals surface area contributed by atoms with E-state index in [0.717, 1.165) is 71.0 Å². The van der Waals surface area contributed by atoms with Crippen molar-refractivity contribution in [3.63, 3.8) is 0 Å². The van der Waals surface area contributed by atoms with E-state index in [9.17, 15) is 0 Å². The van der Waals surface area contributed by atoms with Crippen molar-refractivity contribution in [3.8, 4) is 0 Å². The third-order valence-electron chi connectivity index (χ3n) is 20.1. The van der Waals surface area contributed by atoms with Crippen molar-refractivity contribution < 1.29 is 0 Å². The first-order valence-electron chi connectivity index (χ1n) is 32.1. The van der Waals surface area contributed by atoms with Gasteiger partial charge in [-0.1, -0.05) is 187 Å². The zero-order valence-corrected chi connectivity index (χ0v) is 48.4. The van der Waals surface area contributed by atoms with E-state index in [2.05, 4.69) is 168 Å². The maximum Gasteiger partial charge on any atom is -0.0162 e. The van der Waals surface area contributed by atoms with Gasteiger partial charge in [0, 0.05) is 0 Å². The molecule has 0 aromatic heterocycles. The molecule has 6 aliphatic carbocycles. The summed E-state index contributed by atoms with van der Waals surface area (Å²) in [6.45, 7) is 18.8. The highest BCUT2D eigenvalue weighted by molar-refractivity contribution is 5.52. The molecular weight excluding hydrogens is 901 g/mol. The Hall–Kier alpha value is -3.90. The fraction of sp³-hybridized carbons (Fsp3) is 0.600. The Balaban J connectivity index is 0.000000164. The summed E-state index contributed by atoms with van der Waals surface area (Å²) in [5, 5.41) is 0. The minimum Gasteiger partial charge on any atom is -0.103 e. The highest BCUT2D eigenvalue weighted by Gasteiger charge is 2.24. The molecule has 0 saturated heterocycles. The molecule has 3 aromatic rings. The molecule has 0 unspecified atom stereocenters. The SMILES string of the molecule is C=CC1CCC(c2ccc(/C=C/C3CCC(CC)CC3)cc2)CC1.C=CC1CCC(c2ccc(/C=C/C3CCC(CCC)CC3)cc2)CC1.C=CC1CCC(c2ccc(/C=C/C3CCC(CCCC)CC3)cc2)CC1. The molecule has 3 aromatic carbocycles. The number of hydrogen-bond acceptors (Lipinski definition) is 0. The summed E-state index contributed by atoms with van der Waals surface area (Å²) in [6.07, 6.45) is 62.2. The van der Waals surface area contributed by atoms with Gasteiger partial charge in [-0.15, -0.1) is 19.7 Å². The first-order chi connectivity index (χ1) is 36.8. The molecule has 0 aliphatic heterocycles. The minimum absolute atomic E-state index is 0.755. The Bertz CT molecular complexity index is 2090. The Morgan fingerprint density at radius 3 is 0.867 bits per heavy atom. The van der Waals surface area contributed by atoms with Crippen LogP contribution >= 0.6 is 0 Å². The van der Waals surface area contributed by atoms with Crippen molar-refractivity contribution in [3.05, 3.63) is 162 Å². The van der Waals surface area contributed by atoms with Gasteiger partial charge in [0.15, 0.2) is 0 Å². The Morgan fingerprint density at radius 2 is 0.600 bits per heavy atom. The lowest BCUT2D eigenvalue weighted by Gasteiger charge is -2.27. The predicted molar refractivity (Wildman–Crippen MR) is 332 cm³/mol. The maximum absolute atomic E-state index is 3.96. The molecule has 0 N–H and O–H groups in total. The van der Waals surface area contributed by atoms with Gasteiger partial charge in [-0.25, -0.2) is 0 Å². The van der Waals surface area contributed by atoms with Gasteiger partial charge in [-0.3, -0.25) is 0 Å². The molecule has 0 heterocycles. The third-order valence-corrected chi connectivity index (χ3v) is 20.1. The number of allylic oxidation sites excluding steroid dienone is 6. The molecular formula is C75H108. The van der Waals surface area contributed by atoms with Crippen molar-refractivity contribution in [2.75, 3.05) is 0 Å².